The Labute approximate surface area is 114 Å². The minimum atomic E-state index is -0.465. The second-order valence-corrected chi connectivity index (χ2v) is 4.93. The number of urea groups is 1. The summed E-state index contributed by atoms with van der Waals surface area (Å²) in [4.78, 5) is 13.2. The first-order valence-electron chi connectivity index (χ1n) is 5.63. The smallest absolute Gasteiger partial charge is 0.333 e. The maximum Gasteiger partial charge on any atom is 0.333 e. The Hall–Kier alpha value is -2.18. The summed E-state index contributed by atoms with van der Waals surface area (Å²) in [7, 11) is 0. The van der Waals surface area contributed by atoms with E-state index in [-0.39, 0.29) is 0 Å². The highest BCUT2D eigenvalue weighted by atomic mass is 32.2. The van der Waals surface area contributed by atoms with Crippen LogP contribution in [0.3, 0.4) is 0 Å². The van der Waals surface area contributed by atoms with Crippen LogP contribution in [-0.2, 0) is 0 Å². The highest BCUT2D eigenvalue weighted by Gasteiger charge is 2.20. The standard InChI is InChI=1S/C13H11N3O2S/c14-16-13(17)15-8-4-3-6-10-12(8)19-11-7-2-1-5-9(11)18-10/h1-7H,14H2,(H2,15,16,17). The molecule has 19 heavy (non-hydrogen) atoms. The van der Waals surface area contributed by atoms with Gasteiger partial charge in [0.25, 0.3) is 0 Å². The summed E-state index contributed by atoms with van der Waals surface area (Å²) < 4.78 is 5.81. The van der Waals surface area contributed by atoms with Gasteiger partial charge in [-0.1, -0.05) is 30.0 Å². The maximum atomic E-state index is 11.3. The fourth-order valence-corrected chi connectivity index (χ4v) is 2.82. The highest BCUT2D eigenvalue weighted by Crippen LogP contribution is 2.49. The van der Waals surface area contributed by atoms with Crippen molar-refractivity contribution >= 4 is 23.5 Å². The van der Waals surface area contributed by atoms with E-state index in [9.17, 15) is 4.79 Å². The zero-order valence-electron chi connectivity index (χ0n) is 9.84. The Bertz CT molecular complexity index is 646. The molecule has 0 saturated heterocycles. The molecule has 0 aromatic heterocycles. The van der Waals surface area contributed by atoms with Crippen molar-refractivity contribution in [1.29, 1.82) is 0 Å². The fraction of sp³-hybridized carbons (Fsp3) is 0. The first kappa shape index (κ1) is 11.9. The SMILES string of the molecule is NNC(=O)Nc1cccc2c1Sc1ccccc1O2. The van der Waals surface area contributed by atoms with Crippen LogP contribution in [0.15, 0.2) is 52.3 Å². The van der Waals surface area contributed by atoms with Crippen molar-refractivity contribution in [1.82, 2.24) is 5.43 Å². The van der Waals surface area contributed by atoms with Gasteiger partial charge in [0.15, 0.2) is 0 Å². The van der Waals surface area contributed by atoms with Crippen LogP contribution < -0.4 is 21.3 Å². The summed E-state index contributed by atoms with van der Waals surface area (Å²) in [5.74, 6) is 6.61. The summed E-state index contributed by atoms with van der Waals surface area (Å²) in [6, 6.07) is 12.8. The van der Waals surface area contributed by atoms with Gasteiger partial charge in [-0.2, -0.15) is 0 Å². The second kappa shape index (κ2) is 4.83. The third-order valence-electron chi connectivity index (χ3n) is 2.64. The van der Waals surface area contributed by atoms with Crippen molar-refractivity contribution < 1.29 is 9.53 Å². The molecule has 6 heteroatoms. The van der Waals surface area contributed by atoms with E-state index in [0.717, 1.165) is 21.3 Å². The Morgan fingerprint density at radius 1 is 1.11 bits per heavy atom. The number of carbonyl (C=O) groups excluding carboxylic acids is 1. The predicted molar refractivity (Wildman–Crippen MR) is 73.4 cm³/mol. The molecular formula is C13H11N3O2S. The van der Waals surface area contributed by atoms with Crippen LogP contribution in [0.25, 0.3) is 0 Å². The van der Waals surface area contributed by atoms with Crippen molar-refractivity contribution in [3.63, 3.8) is 0 Å². The summed E-state index contributed by atoms with van der Waals surface area (Å²) in [5, 5.41) is 2.67. The van der Waals surface area contributed by atoms with Gasteiger partial charge in [-0.25, -0.2) is 10.6 Å². The van der Waals surface area contributed by atoms with Gasteiger partial charge in [0.2, 0.25) is 0 Å². The molecule has 2 amide bonds. The van der Waals surface area contributed by atoms with Gasteiger partial charge in [0.05, 0.1) is 15.5 Å². The van der Waals surface area contributed by atoms with Crippen LogP contribution in [-0.4, -0.2) is 6.03 Å². The molecule has 2 aromatic rings. The maximum absolute atomic E-state index is 11.3. The zero-order chi connectivity index (χ0) is 13.2. The van der Waals surface area contributed by atoms with Crippen molar-refractivity contribution in [2.75, 3.05) is 5.32 Å². The topological polar surface area (TPSA) is 76.4 Å². The van der Waals surface area contributed by atoms with Gasteiger partial charge in [-0.05, 0) is 24.3 Å². The Kier molecular flexibility index (Phi) is 3.02. The number of hydrogen-bond donors (Lipinski definition) is 3. The summed E-state index contributed by atoms with van der Waals surface area (Å²) >= 11 is 1.55. The molecule has 96 valence electrons. The third-order valence-corrected chi connectivity index (χ3v) is 3.82. The molecule has 4 N–H and O–H groups in total. The summed E-state index contributed by atoms with van der Waals surface area (Å²) in [5.41, 5.74) is 2.71. The number of anilines is 1. The summed E-state index contributed by atoms with van der Waals surface area (Å²) in [6.45, 7) is 0. The number of hydrogen-bond acceptors (Lipinski definition) is 4. The minimum Gasteiger partial charge on any atom is -0.455 e. The highest BCUT2D eigenvalue weighted by molar-refractivity contribution is 7.99. The van der Waals surface area contributed by atoms with Crippen molar-refractivity contribution in [2.45, 2.75) is 9.79 Å². The van der Waals surface area contributed by atoms with Crippen LogP contribution in [0.1, 0.15) is 0 Å². The van der Waals surface area contributed by atoms with E-state index in [4.69, 9.17) is 10.6 Å². The number of nitrogens with two attached hydrogens (primary N) is 1. The van der Waals surface area contributed by atoms with Gasteiger partial charge in [-0.15, -0.1) is 0 Å². The molecule has 5 nitrogen and oxygen atoms in total. The molecule has 1 heterocycles. The van der Waals surface area contributed by atoms with Crippen LogP contribution >= 0.6 is 11.8 Å². The number of carbonyl (C=O) groups is 1. The van der Waals surface area contributed by atoms with E-state index in [1.165, 1.54) is 0 Å². The molecule has 2 aromatic carbocycles. The van der Waals surface area contributed by atoms with Gasteiger partial charge < -0.3 is 10.1 Å². The molecule has 0 atom stereocenters. The predicted octanol–water partition coefficient (Wildman–Crippen LogP) is 2.94. The number of rotatable bonds is 1. The third kappa shape index (κ3) is 2.23. The molecule has 1 aliphatic heterocycles. The van der Waals surface area contributed by atoms with E-state index in [1.54, 1.807) is 17.8 Å². The van der Waals surface area contributed by atoms with E-state index in [2.05, 4.69) is 5.32 Å². The Morgan fingerprint density at radius 3 is 2.74 bits per heavy atom. The van der Waals surface area contributed by atoms with Crippen LogP contribution in [0.2, 0.25) is 0 Å². The van der Waals surface area contributed by atoms with Gasteiger partial charge in [0, 0.05) is 0 Å². The molecule has 0 aliphatic carbocycles. The number of fused-ring (bicyclic) bond motifs is 2. The molecule has 0 radical (unpaired) electrons. The molecule has 3 rings (SSSR count). The normalized spacial score (nSPS) is 11.8. The Morgan fingerprint density at radius 2 is 1.89 bits per heavy atom. The number of benzene rings is 2. The van der Waals surface area contributed by atoms with Crippen LogP contribution in [0, 0.1) is 0 Å². The number of nitrogens with one attached hydrogen (secondary N) is 2. The lowest BCUT2D eigenvalue weighted by atomic mass is 10.3. The van der Waals surface area contributed by atoms with E-state index in [1.807, 2.05) is 41.8 Å². The molecular weight excluding hydrogens is 262 g/mol. The van der Waals surface area contributed by atoms with Crippen molar-refractivity contribution in [3.05, 3.63) is 42.5 Å². The van der Waals surface area contributed by atoms with Gasteiger partial charge >= 0.3 is 6.03 Å². The fourth-order valence-electron chi connectivity index (χ4n) is 1.81. The first-order valence-corrected chi connectivity index (χ1v) is 6.45. The largest absolute Gasteiger partial charge is 0.455 e. The average Bonchev–Trinajstić information content (AvgIpc) is 2.45. The molecule has 0 fully saturated rings. The van der Waals surface area contributed by atoms with Gasteiger partial charge in [-0.3, -0.25) is 5.43 Å². The quantitative estimate of drug-likeness (QED) is 0.362. The van der Waals surface area contributed by atoms with Gasteiger partial charge in [0.1, 0.15) is 11.5 Å². The number of hydrazine groups is 1. The average molecular weight is 273 g/mol. The van der Waals surface area contributed by atoms with Crippen LogP contribution in [0.4, 0.5) is 10.5 Å². The van der Waals surface area contributed by atoms with E-state index < -0.39 is 6.03 Å². The second-order valence-electron chi connectivity index (χ2n) is 3.88. The molecule has 0 bridgehead atoms. The lowest BCUT2D eigenvalue weighted by molar-refractivity contribution is 0.252. The zero-order valence-corrected chi connectivity index (χ0v) is 10.7. The molecule has 1 aliphatic rings. The number of amides is 2. The van der Waals surface area contributed by atoms with E-state index >= 15 is 0 Å². The van der Waals surface area contributed by atoms with Crippen LogP contribution in [0.5, 0.6) is 11.5 Å². The summed E-state index contributed by atoms with van der Waals surface area (Å²) in [6.07, 6.45) is 0. The first-order chi connectivity index (χ1) is 9.28. The van der Waals surface area contributed by atoms with E-state index in [0.29, 0.717) is 5.69 Å². The van der Waals surface area contributed by atoms with Crippen molar-refractivity contribution in [3.8, 4) is 11.5 Å². The lowest BCUT2D eigenvalue weighted by Gasteiger charge is -2.21. The minimum absolute atomic E-state index is 0.465. The molecule has 0 spiro atoms. The Balaban J connectivity index is 1.99. The van der Waals surface area contributed by atoms with Crippen molar-refractivity contribution in [2.24, 2.45) is 5.84 Å². The number of ether oxygens (including phenoxy) is 1. The monoisotopic (exact) mass is 273 g/mol. The molecule has 0 unspecified atom stereocenters. The molecule has 0 saturated carbocycles. The lowest BCUT2D eigenvalue weighted by Crippen LogP contribution is -2.34. The number of para-hydroxylation sites is 1.